The molecule has 0 heterocycles. The van der Waals surface area contributed by atoms with Crippen molar-refractivity contribution in [3.05, 3.63) is 64.7 Å². The number of amides is 1. The highest BCUT2D eigenvalue weighted by Crippen LogP contribution is 2.17. The molecule has 0 atom stereocenters. The van der Waals surface area contributed by atoms with Crippen molar-refractivity contribution in [2.45, 2.75) is 13.5 Å². The fourth-order valence-corrected chi connectivity index (χ4v) is 2.14. The van der Waals surface area contributed by atoms with Crippen LogP contribution < -0.4 is 10.6 Å². The number of para-hydroxylation sites is 1. The Morgan fingerprint density at radius 3 is 2.55 bits per heavy atom. The highest BCUT2D eigenvalue weighted by molar-refractivity contribution is 6.31. The number of carbonyl (C=O) groups is 1. The van der Waals surface area contributed by atoms with E-state index in [0.717, 1.165) is 17.8 Å². The Hall–Kier alpha value is -2.00. The van der Waals surface area contributed by atoms with Gasteiger partial charge in [0.25, 0.3) is 5.91 Å². The minimum Gasteiger partial charge on any atom is -0.385 e. The lowest BCUT2D eigenvalue weighted by atomic mass is 10.1. The maximum Gasteiger partial charge on any atom is 0.253 e. The van der Waals surface area contributed by atoms with Crippen LogP contribution >= 0.6 is 11.6 Å². The van der Waals surface area contributed by atoms with Gasteiger partial charge in [-0.25, -0.2) is 0 Å². The smallest absolute Gasteiger partial charge is 0.253 e. The average molecular weight is 289 g/mol. The summed E-state index contributed by atoms with van der Waals surface area (Å²) in [6.45, 7) is 3.19. The van der Waals surface area contributed by atoms with E-state index >= 15 is 0 Å². The molecule has 0 spiro atoms. The van der Waals surface area contributed by atoms with Crippen LogP contribution in [-0.4, -0.2) is 12.5 Å². The predicted molar refractivity (Wildman–Crippen MR) is 83.2 cm³/mol. The number of hydrogen-bond acceptors (Lipinski definition) is 2. The second-order valence-corrected chi connectivity index (χ2v) is 4.76. The zero-order chi connectivity index (χ0) is 14.4. The molecule has 0 radical (unpaired) electrons. The summed E-state index contributed by atoms with van der Waals surface area (Å²) in [4.78, 5) is 12.2. The maximum atomic E-state index is 12.2. The third kappa shape index (κ3) is 3.52. The first-order valence-electron chi connectivity index (χ1n) is 6.57. The molecule has 2 aromatic rings. The Morgan fingerprint density at radius 2 is 1.80 bits per heavy atom. The Bertz CT molecular complexity index is 599. The van der Waals surface area contributed by atoms with Crippen molar-refractivity contribution < 1.29 is 4.79 Å². The molecular formula is C16H17ClN2O. The van der Waals surface area contributed by atoms with Crippen LogP contribution in [0, 0.1) is 0 Å². The molecule has 4 heteroatoms. The monoisotopic (exact) mass is 288 g/mol. The van der Waals surface area contributed by atoms with Crippen molar-refractivity contribution >= 4 is 23.2 Å². The van der Waals surface area contributed by atoms with E-state index in [4.69, 9.17) is 11.6 Å². The SMILES string of the molecule is CCNc1ccccc1C(=O)NCc1ccccc1Cl. The molecule has 104 valence electrons. The molecular weight excluding hydrogens is 272 g/mol. The molecule has 0 aliphatic carbocycles. The maximum absolute atomic E-state index is 12.2. The van der Waals surface area contributed by atoms with E-state index in [1.54, 1.807) is 6.07 Å². The molecule has 2 N–H and O–H groups in total. The van der Waals surface area contributed by atoms with Crippen molar-refractivity contribution in [1.29, 1.82) is 0 Å². The quantitative estimate of drug-likeness (QED) is 0.881. The van der Waals surface area contributed by atoms with E-state index in [0.29, 0.717) is 17.1 Å². The van der Waals surface area contributed by atoms with E-state index < -0.39 is 0 Å². The Kier molecular flexibility index (Phi) is 5.02. The Balaban J connectivity index is 2.07. The lowest BCUT2D eigenvalue weighted by Crippen LogP contribution is -2.24. The summed E-state index contributed by atoms with van der Waals surface area (Å²) in [6, 6.07) is 14.9. The van der Waals surface area contributed by atoms with Crippen LogP contribution in [0.4, 0.5) is 5.69 Å². The summed E-state index contributed by atoms with van der Waals surface area (Å²) >= 11 is 6.07. The summed E-state index contributed by atoms with van der Waals surface area (Å²) in [6.07, 6.45) is 0. The van der Waals surface area contributed by atoms with Crippen molar-refractivity contribution in [2.24, 2.45) is 0 Å². The molecule has 2 rings (SSSR count). The minimum absolute atomic E-state index is 0.110. The van der Waals surface area contributed by atoms with Crippen LogP contribution in [0.2, 0.25) is 5.02 Å². The van der Waals surface area contributed by atoms with Crippen molar-refractivity contribution in [3.63, 3.8) is 0 Å². The van der Waals surface area contributed by atoms with Crippen molar-refractivity contribution in [3.8, 4) is 0 Å². The van der Waals surface area contributed by atoms with Crippen molar-refractivity contribution in [2.75, 3.05) is 11.9 Å². The molecule has 0 fully saturated rings. The number of benzene rings is 2. The third-order valence-electron chi connectivity index (χ3n) is 2.94. The van der Waals surface area contributed by atoms with Crippen LogP contribution in [0.3, 0.4) is 0 Å². The van der Waals surface area contributed by atoms with Gasteiger partial charge in [0, 0.05) is 23.8 Å². The highest BCUT2D eigenvalue weighted by Gasteiger charge is 2.10. The number of anilines is 1. The lowest BCUT2D eigenvalue weighted by molar-refractivity contribution is 0.0951. The zero-order valence-electron chi connectivity index (χ0n) is 11.3. The second-order valence-electron chi connectivity index (χ2n) is 4.35. The number of rotatable bonds is 5. The number of halogens is 1. The topological polar surface area (TPSA) is 41.1 Å². The van der Waals surface area contributed by atoms with E-state index in [1.807, 2.05) is 49.4 Å². The van der Waals surface area contributed by atoms with Gasteiger partial charge in [0.05, 0.1) is 5.56 Å². The van der Waals surface area contributed by atoms with Crippen LogP contribution in [0.25, 0.3) is 0 Å². The highest BCUT2D eigenvalue weighted by atomic mass is 35.5. The number of hydrogen-bond donors (Lipinski definition) is 2. The van der Waals surface area contributed by atoms with Gasteiger partial charge < -0.3 is 10.6 Å². The van der Waals surface area contributed by atoms with Gasteiger partial charge in [-0.1, -0.05) is 41.9 Å². The lowest BCUT2D eigenvalue weighted by Gasteiger charge is -2.11. The zero-order valence-corrected chi connectivity index (χ0v) is 12.1. The number of carbonyl (C=O) groups excluding carboxylic acids is 1. The molecule has 0 aliphatic heterocycles. The van der Waals surface area contributed by atoms with Gasteiger partial charge in [-0.2, -0.15) is 0 Å². The van der Waals surface area contributed by atoms with E-state index in [9.17, 15) is 4.79 Å². The molecule has 0 saturated heterocycles. The van der Waals surface area contributed by atoms with Gasteiger partial charge in [-0.3, -0.25) is 4.79 Å². The van der Waals surface area contributed by atoms with Crippen LogP contribution in [-0.2, 0) is 6.54 Å². The molecule has 1 amide bonds. The molecule has 20 heavy (non-hydrogen) atoms. The van der Waals surface area contributed by atoms with E-state index in [2.05, 4.69) is 10.6 Å². The fraction of sp³-hybridized carbons (Fsp3) is 0.188. The van der Waals surface area contributed by atoms with Crippen LogP contribution in [0.5, 0.6) is 0 Å². The molecule has 0 aliphatic rings. The van der Waals surface area contributed by atoms with Crippen molar-refractivity contribution in [1.82, 2.24) is 5.32 Å². The first kappa shape index (κ1) is 14.4. The van der Waals surface area contributed by atoms with E-state index in [1.165, 1.54) is 0 Å². The molecule has 3 nitrogen and oxygen atoms in total. The largest absolute Gasteiger partial charge is 0.385 e. The van der Waals surface area contributed by atoms with Gasteiger partial charge in [0.15, 0.2) is 0 Å². The van der Waals surface area contributed by atoms with Gasteiger partial charge in [0.2, 0.25) is 0 Å². The molecule has 2 aromatic carbocycles. The summed E-state index contributed by atoms with van der Waals surface area (Å²) in [5.41, 5.74) is 2.39. The Labute approximate surface area is 124 Å². The normalized spacial score (nSPS) is 10.1. The summed E-state index contributed by atoms with van der Waals surface area (Å²) < 4.78 is 0. The molecule has 0 bridgehead atoms. The molecule has 0 unspecified atom stereocenters. The average Bonchev–Trinajstić information content (AvgIpc) is 2.47. The molecule has 0 aromatic heterocycles. The summed E-state index contributed by atoms with van der Waals surface area (Å²) in [5, 5.41) is 6.73. The predicted octanol–water partition coefficient (Wildman–Crippen LogP) is 3.70. The first-order valence-corrected chi connectivity index (χ1v) is 6.94. The third-order valence-corrected chi connectivity index (χ3v) is 3.30. The first-order chi connectivity index (χ1) is 9.72. The second kappa shape index (κ2) is 6.96. The fourth-order valence-electron chi connectivity index (χ4n) is 1.94. The van der Waals surface area contributed by atoms with Crippen LogP contribution in [0.1, 0.15) is 22.8 Å². The molecule has 0 saturated carbocycles. The van der Waals surface area contributed by atoms with Gasteiger partial charge >= 0.3 is 0 Å². The van der Waals surface area contributed by atoms with E-state index in [-0.39, 0.29) is 5.91 Å². The van der Waals surface area contributed by atoms with Crippen LogP contribution in [0.15, 0.2) is 48.5 Å². The summed E-state index contributed by atoms with van der Waals surface area (Å²) in [5.74, 6) is -0.110. The van der Waals surface area contributed by atoms with Gasteiger partial charge in [-0.05, 0) is 30.7 Å². The summed E-state index contributed by atoms with van der Waals surface area (Å²) in [7, 11) is 0. The number of nitrogens with one attached hydrogen (secondary N) is 2. The minimum atomic E-state index is -0.110. The van der Waals surface area contributed by atoms with Gasteiger partial charge in [0.1, 0.15) is 0 Å². The Morgan fingerprint density at radius 1 is 1.10 bits per heavy atom. The standard InChI is InChI=1S/C16H17ClN2O/c1-2-18-15-10-6-4-8-13(15)16(20)19-11-12-7-3-5-9-14(12)17/h3-10,18H,2,11H2,1H3,(H,19,20). The van der Waals surface area contributed by atoms with Gasteiger partial charge in [-0.15, -0.1) is 0 Å².